The summed E-state index contributed by atoms with van der Waals surface area (Å²) in [6.45, 7) is 0.262. The number of rotatable bonds is 5. The van der Waals surface area contributed by atoms with Crippen LogP contribution in [0.25, 0.3) is 11.1 Å². The number of hydrogen-bond donors (Lipinski definition) is 1. The van der Waals surface area contributed by atoms with E-state index < -0.39 is 0 Å². The first-order valence-corrected chi connectivity index (χ1v) is 7.66. The molecule has 3 rings (SSSR count). The molecule has 0 aliphatic carbocycles. The van der Waals surface area contributed by atoms with Crippen LogP contribution in [-0.4, -0.2) is 26.7 Å². The van der Waals surface area contributed by atoms with Gasteiger partial charge in [-0.15, -0.1) is 0 Å². The number of allylic oxidation sites excluding steroid dienone is 1. The number of ether oxygens (including phenoxy) is 3. The first-order valence-electron chi connectivity index (χ1n) is 7.66. The van der Waals surface area contributed by atoms with E-state index in [0.717, 1.165) is 39.7 Å². The van der Waals surface area contributed by atoms with Gasteiger partial charge in [0.15, 0.2) is 11.5 Å². The maximum atomic E-state index is 5.52. The van der Waals surface area contributed by atoms with Gasteiger partial charge in [0.2, 0.25) is 6.79 Å². The van der Waals surface area contributed by atoms with Crippen molar-refractivity contribution in [3.8, 4) is 28.4 Å². The predicted molar refractivity (Wildman–Crippen MR) is 94.9 cm³/mol. The molecule has 0 atom stereocenters. The molecule has 0 saturated carbocycles. The molecule has 2 N–H and O–H groups in total. The Balaban J connectivity index is 1.98. The Morgan fingerprint density at radius 3 is 2.79 bits per heavy atom. The molecule has 0 bridgehead atoms. The van der Waals surface area contributed by atoms with Crippen molar-refractivity contribution in [1.82, 2.24) is 0 Å². The van der Waals surface area contributed by atoms with Crippen molar-refractivity contribution in [3.63, 3.8) is 0 Å². The second-order valence-electron chi connectivity index (χ2n) is 5.35. The summed E-state index contributed by atoms with van der Waals surface area (Å²) in [4.78, 5) is 4.25. The van der Waals surface area contributed by atoms with Gasteiger partial charge in [0.25, 0.3) is 0 Å². The molecule has 1 aliphatic rings. The number of fused-ring (bicyclic) bond motifs is 1. The van der Waals surface area contributed by atoms with Crippen LogP contribution in [0, 0.1) is 0 Å². The number of benzene rings is 2. The van der Waals surface area contributed by atoms with Gasteiger partial charge in [-0.25, -0.2) is 0 Å². The van der Waals surface area contributed by atoms with Crippen molar-refractivity contribution < 1.29 is 14.2 Å². The van der Waals surface area contributed by atoms with Crippen LogP contribution in [0.3, 0.4) is 0 Å². The van der Waals surface area contributed by atoms with Crippen LogP contribution in [0.15, 0.2) is 53.7 Å². The Bertz CT molecular complexity index is 797. The Labute approximate surface area is 141 Å². The lowest BCUT2D eigenvalue weighted by atomic mass is 9.99. The zero-order valence-corrected chi connectivity index (χ0v) is 13.8. The molecule has 124 valence electrons. The van der Waals surface area contributed by atoms with E-state index in [1.807, 2.05) is 36.4 Å². The van der Waals surface area contributed by atoms with Gasteiger partial charge < -0.3 is 19.9 Å². The zero-order chi connectivity index (χ0) is 16.9. The maximum Gasteiger partial charge on any atom is 0.231 e. The van der Waals surface area contributed by atoms with Crippen molar-refractivity contribution in [2.45, 2.75) is 6.42 Å². The van der Waals surface area contributed by atoms with Crippen LogP contribution in [0.2, 0.25) is 0 Å². The normalized spacial score (nSPS) is 13.5. The molecule has 0 aromatic heterocycles. The molecule has 0 spiro atoms. The van der Waals surface area contributed by atoms with Crippen molar-refractivity contribution >= 4 is 5.71 Å². The smallest absolute Gasteiger partial charge is 0.231 e. The van der Waals surface area contributed by atoms with Crippen LogP contribution in [0.1, 0.15) is 5.56 Å². The molecule has 0 saturated heterocycles. The molecule has 0 amide bonds. The first-order chi connectivity index (χ1) is 11.7. The Kier molecular flexibility index (Phi) is 4.70. The van der Waals surface area contributed by atoms with Crippen LogP contribution in [0.5, 0.6) is 17.2 Å². The minimum atomic E-state index is 0.262. The third kappa shape index (κ3) is 3.20. The van der Waals surface area contributed by atoms with E-state index >= 15 is 0 Å². The van der Waals surface area contributed by atoms with Gasteiger partial charge in [0.1, 0.15) is 5.75 Å². The molecule has 1 heterocycles. The van der Waals surface area contributed by atoms with E-state index in [1.165, 1.54) is 6.20 Å². The summed E-state index contributed by atoms with van der Waals surface area (Å²) in [6, 6.07) is 12.0. The number of nitrogens with two attached hydrogens (primary N) is 1. The quantitative estimate of drug-likeness (QED) is 0.858. The third-order valence-electron chi connectivity index (χ3n) is 3.91. The van der Waals surface area contributed by atoms with E-state index in [4.69, 9.17) is 19.9 Å². The molecule has 2 aromatic rings. The van der Waals surface area contributed by atoms with Crippen LogP contribution in [0.4, 0.5) is 0 Å². The largest absolute Gasteiger partial charge is 0.496 e. The lowest BCUT2D eigenvalue weighted by Gasteiger charge is -2.12. The molecule has 5 heteroatoms. The summed E-state index contributed by atoms with van der Waals surface area (Å²) in [5.74, 6) is 2.33. The molecule has 5 nitrogen and oxygen atoms in total. The monoisotopic (exact) mass is 324 g/mol. The highest BCUT2D eigenvalue weighted by molar-refractivity contribution is 5.96. The fraction of sp³-hybridized carbons (Fsp3) is 0.211. The first kappa shape index (κ1) is 15.9. The molecule has 2 aromatic carbocycles. The predicted octanol–water partition coefficient (Wildman–Crippen LogP) is 3.18. The van der Waals surface area contributed by atoms with E-state index in [1.54, 1.807) is 14.2 Å². The van der Waals surface area contributed by atoms with Gasteiger partial charge >= 0.3 is 0 Å². The topological polar surface area (TPSA) is 66.1 Å². The van der Waals surface area contributed by atoms with Crippen LogP contribution >= 0.6 is 0 Å². The van der Waals surface area contributed by atoms with Gasteiger partial charge in [-0.1, -0.05) is 12.1 Å². The Morgan fingerprint density at radius 2 is 2.04 bits per heavy atom. The summed E-state index contributed by atoms with van der Waals surface area (Å²) in [5, 5.41) is 0. The SMILES string of the molecule is CN=C(C=CN)Cc1ccc(OC)c(-c2ccc3c(c2)OCO3)c1. The number of aliphatic imine (C=N–C) groups is 1. The average molecular weight is 324 g/mol. The van der Waals surface area contributed by atoms with Crippen molar-refractivity contribution in [2.24, 2.45) is 10.7 Å². The maximum absolute atomic E-state index is 5.52. The van der Waals surface area contributed by atoms with Crippen LogP contribution < -0.4 is 19.9 Å². The summed E-state index contributed by atoms with van der Waals surface area (Å²) in [7, 11) is 3.43. The van der Waals surface area contributed by atoms with Gasteiger partial charge in [-0.2, -0.15) is 0 Å². The molecule has 0 unspecified atom stereocenters. The minimum Gasteiger partial charge on any atom is -0.496 e. The number of methoxy groups -OCH3 is 1. The highest BCUT2D eigenvalue weighted by Gasteiger charge is 2.16. The Morgan fingerprint density at radius 1 is 1.21 bits per heavy atom. The van der Waals surface area contributed by atoms with Gasteiger partial charge in [-0.3, -0.25) is 4.99 Å². The number of hydrogen-bond acceptors (Lipinski definition) is 5. The van der Waals surface area contributed by atoms with E-state index in [-0.39, 0.29) is 6.79 Å². The zero-order valence-electron chi connectivity index (χ0n) is 13.8. The molecule has 0 fully saturated rings. The molecule has 0 radical (unpaired) electrons. The number of nitrogens with zero attached hydrogens (tertiary/aromatic N) is 1. The summed E-state index contributed by atoms with van der Waals surface area (Å²) < 4.78 is 16.4. The average Bonchev–Trinajstić information content (AvgIpc) is 3.09. The van der Waals surface area contributed by atoms with Gasteiger partial charge in [0.05, 0.1) is 7.11 Å². The standard InChI is InChI=1S/C19H20N2O3/c1-21-15(7-8-20)9-13-3-5-17(22-2)16(10-13)14-4-6-18-19(11-14)24-12-23-18/h3-8,10-11H,9,12,20H2,1-2H3. The summed E-state index contributed by atoms with van der Waals surface area (Å²) in [5.41, 5.74) is 9.53. The van der Waals surface area contributed by atoms with Gasteiger partial charge in [-0.05, 0) is 47.7 Å². The lowest BCUT2D eigenvalue weighted by Crippen LogP contribution is -2.01. The second-order valence-corrected chi connectivity index (χ2v) is 5.35. The van der Waals surface area contributed by atoms with E-state index in [9.17, 15) is 0 Å². The van der Waals surface area contributed by atoms with Crippen LogP contribution in [-0.2, 0) is 6.42 Å². The van der Waals surface area contributed by atoms with Gasteiger partial charge in [0, 0.05) is 24.7 Å². The lowest BCUT2D eigenvalue weighted by molar-refractivity contribution is 0.174. The van der Waals surface area contributed by atoms with Crippen molar-refractivity contribution in [2.75, 3.05) is 21.0 Å². The minimum absolute atomic E-state index is 0.262. The van der Waals surface area contributed by atoms with E-state index in [2.05, 4.69) is 11.1 Å². The van der Waals surface area contributed by atoms with E-state index in [0.29, 0.717) is 6.42 Å². The summed E-state index contributed by atoms with van der Waals surface area (Å²) in [6.07, 6.45) is 4.01. The summed E-state index contributed by atoms with van der Waals surface area (Å²) >= 11 is 0. The van der Waals surface area contributed by atoms with Crippen molar-refractivity contribution in [3.05, 3.63) is 54.2 Å². The molecular formula is C19H20N2O3. The fourth-order valence-corrected chi connectivity index (χ4v) is 2.69. The third-order valence-corrected chi connectivity index (χ3v) is 3.91. The molecule has 24 heavy (non-hydrogen) atoms. The fourth-order valence-electron chi connectivity index (χ4n) is 2.69. The highest BCUT2D eigenvalue weighted by Crippen LogP contribution is 2.39. The molecule has 1 aliphatic heterocycles. The molecular weight excluding hydrogens is 304 g/mol. The highest BCUT2D eigenvalue weighted by atomic mass is 16.7. The van der Waals surface area contributed by atoms with Crippen molar-refractivity contribution in [1.29, 1.82) is 0 Å². The second kappa shape index (κ2) is 7.08. The Hall–Kier alpha value is -2.95.